The molecule has 0 aliphatic rings. The van der Waals surface area contributed by atoms with Crippen LogP contribution in [0.25, 0.3) is 5.69 Å². The number of H-pyrrole nitrogens is 1. The van der Waals surface area contributed by atoms with Gasteiger partial charge in [0, 0.05) is 0 Å². The number of hydrogen-bond acceptors (Lipinski definition) is 3. The number of rotatable bonds is 2. The minimum atomic E-state index is -0.709. The fourth-order valence-electron chi connectivity index (χ4n) is 1.54. The van der Waals surface area contributed by atoms with Crippen LogP contribution in [0.2, 0.25) is 0 Å². The van der Waals surface area contributed by atoms with E-state index in [1.54, 1.807) is 0 Å². The van der Waals surface area contributed by atoms with E-state index in [0.29, 0.717) is 0 Å². The van der Waals surface area contributed by atoms with Gasteiger partial charge in [-0.05, 0) is 25.1 Å². The molecule has 2 rings (SSSR count). The van der Waals surface area contributed by atoms with Crippen molar-refractivity contribution in [1.29, 1.82) is 0 Å². The second-order valence-corrected chi connectivity index (χ2v) is 3.51. The third kappa shape index (κ3) is 1.84. The number of Topliss-reactive ketones (excluding diaryl/α,β-unsaturated/α-hetero) is 1. The van der Waals surface area contributed by atoms with Crippen LogP contribution < -0.4 is 5.56 Å². The molecule has 5 nitrogen and oxygen atoms in total. The first kappa shape index (κ1) is 11.1. The largest absolute Gasteiger partial charge is 0.493 e. The number of nitrogens with one attached hydrogen (secondary N) is 1. The minimum absolute atomic E-state index is 0.229. The SMILES string of the molecule is CC(=O)c1c(O)n(-c2cccc(F)c2)[nH]c1=O. The van der Waals surface area contributed by atoms with Crippen molar-refractivity contribution in [1.82, 2.24) is 9.78 Å². The molecular formula is C11H9FN2O3. The number of carbonyl (C=O) groups excluding carboxylic acids is 1. The molecule has 0 radical (unpaired) electrons. The van der Waals surface area contributed by atoms with Crippen molar-refractivity contribution in [3.63, 3.8) is 0 Å². The van der Waals surface area contributed by atoms with Crippen molar-refractivity contribution >= 4 is 5.78 Å². The molecule has 2 aromatic rings. The van der Waals surface area contributed by atoms with E-state index in [2.05, 4.69) is 5.10 Å². The lowest BCUT2D eigenvalue weighted by molar-refractivity contribution is 0.101. The molecule has 0 amide bonds. The number of aromatic hydroxyl groups is 1. The van der Waals surface area contributed by atoms with Crippen molar-refractivity contribution < 1.29 is 14.3 Å². The average Bonchev–Trinajstić information content (AvgIpc) is 2.54. The Morgan fingerprint density at radius 3 is 2.71 bits per heavy atom. The molecule has 0 bridgehead atoms. The standard InChI is InChI=1S/C11H9FN2O3/c1-6(15)9-10(16)13-14(11(9)17)8-4-2-3-7(12)5-8/h2-5,17H,1H3,(H,13,16). The summed E-state index contributed by atoms with van der Waals surface area (Å²) in [5.41, 5.74) is -0.819. The van der Waals surface area contributed by atoms with Crippen LogP contribution in [-0.4, -0.2) is 20.7 Å². The number of benzene rings is 1. The third-order valence-corrected chi connectivity index (χ3v) is 2.29. The number of aromatic nitrogens is 2. The van der Waals surface area contributed by atoms with E-state index in [0.717, 1.165) is 10.7 Å². The van der Waals surface area contributed by atoms with E-state index in [-0.39, 0.29) is 11.3 Å². The van der Waals surface area contributed by atoms with Crippen molar-refractivity contribution in [2.24, 2.45) is 0 Å². The number of hydrogen-bond donors (Lipinski definition) is 2. The first-order valence-corrected chi connectivity index (χ1v) is 4.81. The zero-order valence-corrected chi connectivity index (χ0v) is 8.90. The molecule has 0 aliphatic heterocycles. The molecule has 0 unspecified atom stereocenters. The van der Waals surface area contributed by atoms with E-state index in [1.165, 1.54) is 25.1 Å². The zero-order valence-electron chi connectivity index (χ0n) is 8.90. The van der Waals surface area contributed by atoms with Crippen molar-refractivity contribution in [2.75, 3.05) is 0 Å². The maximum atomic E-state index is 13.0. The quantitative estimate of drug-likeness (QED) is 0.769. The Kier molecular flexibility index (Phi) is 2.55. The Hall–Kier alpha value is -2.37. The van der Waals surface area contributed by atoms with Gasteiger partial charge in [0.05, 0.1) is 5.69 Å². The van der Waals surface area contributed by atoms with E-state index in [9.17, 15) is 19.1 Å². The van der Waals surface area contributed by atoms with E-state index in [4.69, 9.17) is 0 Å². The van der Waals surface area contributed by atoms with Gasteiger partial charge in [-0.1, -0.05) is 6.07 Å². The molecule has 0 fully saturated rings. The van der Waals surface area contributed by atoms with Gasteiger partial charge in [0.1, 0.15) is 11.4 Å². The highest BCUT2D eigenvalue weighted by atomic mass is 19.1. The van der Waals surface area contributed by atoms with Gasteiger partial charge in [-0.2, -0.15) is 0 Å². The Bertz CT molecular complexity index is 642. The highest BCUT2D eigenvalue weighted by Gasteiger charge is 2.18. The molecule has 1 heterocycles. The van der Waals surface area contributed by atoms with Crippen LogP contribution in [0.5, 0.6) is 5.88 Å². The summed E-state index contributed by atoms with van der Waals surface area (Å²) in [6, 6.07) is 5.27. The fourth-order valence-corrected chi connectivity index (χ4v) is 1.54. The fraction of sp³-hybridized carbons (Fsp3) is 0.0909. The Labute approximate surface area is 95.1 Å². The molecule has 2 N–H and O–H groups in total. The van der Waals surface area contributed by atoms with Gasteiger partial charge < -0.3 is 5.11 Å². The normalized spacial score (nSPS) is 10.5. The average molecular weight is 236 g/mol. The number of halogens is 1. The summed E-state index contributed by atoms with van der Waals surface area (Å²) in [5, 5.41) is 12.0. The first-order valence-electron chi connectivity index (χ1n) is 4.81. The van der Waals surface area contributed by atoms with Crippen LogP contribution in [0.1, 0.15) is 17.3 Å². The van der Waals surface area contributed by atoms with Gasteiger partial charge in [-0.3, -0.25) is 14.7 Å². The van der Waals surface area contributed by atoms with Crippen molar-refractivity contribution in [3.8, 4) is 11.6 Å². The summed E-state index contributed by atoms with van der Waals surface area (Å²) in [5.74, 6) is -1.59. The summed E-state index contributed by atoms with van der Waals surface area (Å²) in [6.45, 7) is 1.17. The van der Waals surface area contributed by atoms with E-state index in [1.807, 2.05) is 0 Å². The lowest BCUT2D eigenvalue weighted by atomic mass is 10.2. The smallest absolute Gasteiger partial charge is 0.279 e. The van der Waals surface area contributed by atoms with E-state index < -0.39 is 23.0 Å². The number of nitrogens with zero attached hydrogens (tertiary/aromatic N) is 1. The maximum absolute atomic E-state index is 13.0. The molecule has 6 heteroatoms. The molecule has 88 valence electrons. The molecule has 0 atom stereocenters. The monoisotopic (exact) mass is 236 g/mol. The predicted molar refractivity (Wildman–Crippen MR) is 58.0 cm³/mol. The van der Waals surface area contributed by atoms with Crippen molar-refractivity contribution in [2.45, 2.75) is 6.92 Å². The Morgan fingerprint density at radius 1 is 1.47 bits per heavy atom. The molecule has 0 saturated heterocycles. The van der Waals surface area contributed by atoms with Gasteiger partial charge in [0.25, 0.3) is 5.56 Å². The highest BCUT2D eigenvalue weighted by Crippen LogP contribution is 2.18. The number of aromatic amines is 1. The molecule has 1 aromatic heterocycles. The zero-order chi connectivity index (χ0) is 12.6. The summed E-state index contributed by atoms with van der Waals surface area (Å²) in [7, 11) is 0. The van der Waals surface area contributed by atoms with E-state index >= 15 is 0 Å². The topological polar surface area (TPSA) is 75.1 Å². The summed E-state index contributed by atoms with van der Waals surface area (Å²) in [6.07, 6.45) is 0. The molecule has 0 saturated carbocycles. The van der Waals surface area contributed by atoms with Crippen LogP contribution in [0.3, 0.4) is 0 Å². The highest BCUT2D eigenvalue weighted by molar-refractivity contribution is 5.96. The molecule has 0 aliphatic carbocycles. The summed E-state index contributed by atoms with van der Waals surface area (Å²) >= 11 is 0. The molecular weight excluding hydrogens is 227 g/mol. The summed E-state index contributed by atoms with van der Waals surface area (Å²) < 4.78 is 14.0. The van der Waals surface area contributed by atoms with Crippen LogP contribution in [0.4, 0.5) is 4.39 Å². The van der Waals surface area contributed by atoms with Gasteiger partial charge in [-0.15, -0.1) is 0 Å². The van der Waals surface area contributed by atoms with Gasteiger partial charge in [0.2, 0.25) is 5.88 Å². The van der Waals surface area contributed by atoms with Gasteiger partial charge in [0.15, 0.2) is 5.78 Å². The lowest BCUT2D eigenvalue weighted by Gasteiger charge is -2.03. The van der Waals surface area contributed by atoms with Crippen LogP contribution >= 0.6 is 0 Å². The molecule has 0 spiro atoms. The first-order chi connectivity index (χ1) is 8.00. The lowest BCUT2D eigenvalue weighted by Crippen LogP contribution is -2.10. The van der Waals surface area contributed by atoms with Crippen LogP contribution in [0, 0.1) is 5.82 Å². The number of carbonyl (C=O) groups is 1. The molecule has 17 heavy (non-hydrogen) atoms. The number of ketones is 1. The predicted octanol–water partition coefficient (Wildman–Crippen LogP) is 1.21. The minimum Gasteiger partial charge on any atom is -0.493 e. The third-order valence-electron chi connectivity index (χ3n) is 2.29. The van der Waals surface area contributed by atoms with Crippen LogP contribution in [-0.2, 0) is 0 Å². The molecule has 1 aromatic carbocycles. The second kappa shape index (κ2) is 3.89. The Morgan fingerprint density at radius 2 is 2.18 bits per heavy atom. The second-order valence-electron chi connectivity index (χ2n) is 3.51. The van der Waals surface area contributed by atoms with Gasteiger partial charge >= 0.3 is 0 Å². The Balaban J connectivity index is 2.66. The van der Waals surface area contributed by atoms with Crippen molar-refractivity contribution in [3.05, 3.63) is 46.0 Å². The summed E-state index contributed by atoms with van der Waals surface area (Å²) in [4.78, 5) is 22.5. The van der Waals surface area contributed by atoms with Gasteiger partial charge in [-0.25, -0.2) is 9.07 Å². The maximum Gasteiger partial charge on any atom is 0.279 e. The van der Waals surface area contributed by atoms with Crippen LogP contribution in [0.15, 0.2) is 29.1 Å².